The number of urea groups is 1. The van der Waals surface area contributed by atoms with Gasteiger partial charge in [-0.2, -0.15) is 0 Å². The van der Waals surface area contributed by atoms with Gasteiger partial charge >= 0.3 is 12.0 Å². The van der Waals surface area contributed by atoms with Crippen molar-refractivity contribution in [1.29, 1.82) is 0 Å². The second-order valence-electron chi connectivity index (χ2n) is 4.80. The highest BCUT2D eigenvalue weighted by Gasteiger charge is 2.25. The van der Waals surface area contributed by atoms with E-state index < -0.39 is 17.9 Å². The fourth-order valence-electron chi connectivity index (χ4n) is 2.09. The highest BCUT2D eigenvalue weighted by atomic mass is 16.5. The van der Waals surface area contributed by atoms with Crippen molar-refractivity contribution in [3.63, 3.8) is 0 Å². The van der Waals surface area contributed by atoms with Crippen LogP contribution in [0.2, 0.25) is 0 Å². The zero-order chi connectivity index (χ0) is 16.3. The van der Waals surface area contributed by atoms with Crippen LogP contribution in [-0.2, 0) is 4.79 Å². The third-order valence-electron chi connectivity index (χ3n) is 3.31. The van der Waals surface area contributed by atoms with Crippen LogP contribution in [0.15, 0.2) is 18.2 Å². The molecule has 0 bridgehead atoms. The molecule has 1 saturated heterocycles. The average molecular weight is 307 g/mol. The predicted octanol–water partition coefficient (Wildman–Crippen LogP) is 0.428. The third kappa shape index (κ3) is 3.11. The number of nitrogens with zero attached hydrogens (tertiary/aromatic N) is 1. The molecule has 8 heteroatoms. The number of methoxy groups -OCH3 is 1. The van der Waals surface area contributed by atoms with Crippen LogP contribution in [0.5, 0.6) is 5.75 Å². The van der Waals surface area contributed by atoms with Crippen molar-refractivity contribution in [2.24, 2.45) is 0 Å². The molecule has 1 fully saturated rings. The number of carbonyl (C=O) groups excluding carboxylic acids is 2. The molecular weight excluding hydrogens is 290 g/mol. The maximum Gasteiger partial charge on any atom is 0.325 e. The number of anilines is 1. The molecule has 2 rings (SSSR count). The molecule has 118 valence electrons. The van der Waals surface area contributed by atoms with Crippen molar-refractivity contribution in [1.82, 2.24) is 10.6 Å². The van der Waals surface area contributed by atoms with Gasteiger partial charge in [0, 0.05) is 18.7 Å². The van der Waals surface area contributed by atoms with E-state index in [1.165, 1.54) is 31.1 Å². The Morgan fingerprint density at radius 2 is 2.18 bits per heavy atom. The van der Waals surface area contributed by atoms with Crippen molar-refractivity contribution in [2.75, 3.05) is 25.1 Å². The van der Waals surface area contributed by atoms with E-state index in [2.05, 4.69) is 10.6 Å². The van der Waals surface area contributed by atoms with E-state index in [4.69, 9.17) is 9.84 Å². The molecule has 22 heavy (non-hydrogen) atoms. The summed E-state index contributed by atoms with van der Waals surface area (Å²) in [5, 5.41) is 13.9. The number of nitrogens with one attached hydrogen (secondary N) is 2. The second-order valence-corrected chi connectivity index (χ2v) is 4.80. The topological polar surface area (TPSA) is 108 Å². The number of aliphatic carboxylic acids is 1. The molecule has 0 spiro atoms. The van der Waals surface area contributed by atoms with E-state index >= 15 is 0 Å². The van der Waals surface area contributed by atoms with E-state index in [9.17, 15) is 14.4 Å². The third-order valence-corrected chi connectivity index (χ3v) is 3.31. The summed E-state index contributed by atoms with van der Waals surface area (Å²) in [6.45, 7) is 2.35. The number of carboxylic acids is 1. The van der Waals surface area contributed by atoms with Gasteiger partial charge in [0.15, 0.2) is 0 Å². The molecule has 8 nitrogen and oxygen atoms in total. The standard InChI is InChI=1S/C14H17N3O5/c1-8(13(19)20)16-12(18)9-3-4-11(22-2)10(7-9)17-6-5-15-14(17)21/h3-4,7-8H,5-6H2,1-2H3,(H,15,21)(H,16,18)(H,19,20)/t8-/m0/s1. The molecule has 0 aliphatic carbocycles. The molecule has 0 radical (unpaired) electrons. The normalized spacial score (nSPS) is 15.2. The minimum Gasteiger partial charge on any atom is -0.495 e. The van der Waals surface area contributed by atoms with Gasteiger partial charge in [-0.25, -0.2) is 4.79 Å². The number of benzene rings is 1. The van der Waals surface area contributed by atoms with Gasteiger partial charge in [-0.3, -0.25) is 14.5 Å². The van der Waals surface area contributed by atoms with E-state index in [0.717, 1.165) is 0 Å². The van der Waals surface area contributed by atoms with Crippen LogP contribution in [0.4, 0.5) is 10.5 Å². The van der Waals surface area contributed by atoms with E-state index in [1.807, 2.05) is 0 Å². The fraction of sp³-hybridized carbons (Fsp3) is 0.357. The van der Waals surface area contributed by atoms with Crippen molar-refractivity contribution in [2.45, 2.75) is 13.0 Å². The Morgan fingerprint density at radius 3 is 2.73 bits per heavy atom. The van der Waals surface area contributed by atoms with E-state index in [-0.39, 0.29) is 11.6 Å². The average Bonchev–Trinajstić information content (AvgIpc) is 2.92. The zero-order valence-electron chi connectivity index (χ0n) is 12.3. The van der Waals surface area contributed by atoms with Crippen LogP contribution in [0.3, 0.4) is 0 Å². The van der Waals surface area contributed by atoms with Gasteiger partial charge in [-0.05, 0) is 25.1 Å². The summed E-state index contributed by atoms with van der Waals surface area (Å²) in [5.74, 6) is -1.20. The van der Waals surface area contributed by atoms with Gasteiger partial charge in [0.1, 0.15) is 11.8 Å². The van der Waals surface area contributed by atoms with Crippen LogP contribution in [0.1, 0.15) is 17.3 Å². The highest BCUT2D eigenvalue weighted by Crippen LogP contribution is 2.30. The minimum atomic E-state index is -1.12. The minimum absolute atomic E-state index is 0.253. The molecule has 0 unspecified atom stereocenters. The molecule has 1 aromatic rings. The molecular formula is C14H17N3O5. The molecule has 0 saturated carbocycles. The maximum absolute atomic E-state index is 12.1. The summed E-state index contributed by atoms with van der Waals surface area (Å²) in [7, 11) is 1.47. The summed E-state index contributed by atoms with van der Waals surface area (Å²) < 4.78 is 5.21. The Morgan fingerprint density at radius 1 is 1.45 bits per heavy atom. The molecule has 1 heterocycles. The van der Waals surface area contributed by atoms with E-state index in [0.29, 0.717) is 24.5 Å². The fourth-order valence-corrected chi connectivity index (χ4v) is 2.09. The summed E-state index contributed by atoms with van der Waals surface area (Å²) in [6, 6.07) is 3.32. The Balaban J connectivity index is 2.29. The molecule has 1 aliphatic heterocycles. The van der Waals surface area contributed by atoms with Crippen LogP contribution >= 0.6 is 0 Å². The van der Waals surface area contributed by atoms with Crippen LogP contribution in [-0.4, -0.2) is 49.3 Å². The monoisotopic (exact) mass is 307 g/mol. The number of ether oxygens (including phenoxy) is 1. The molecule has 0 aromatic heterocycles. The molecule has 3 N–H and O–H groups in total. The Hall–Kier alpha value is -2.77. The largest absolute Gasteiger partial charge is 0.495 e. The van der Waals surface area contributed by atoms with Crippen molar-refractivity contribution < 1.29 is 24.2 Å². The number of carbonyl (C=O) groups is 3. The van der Waals surface area contributed by atoms with Gasteiger partial charge in [-0.1, -0.05) is 0 Å². The lowest BCUT2D eigenvalue weighted by Crippen LogP contribution is -2.38. The Labute approximate surface area is 127 Å². The highest BCUT2D eigenvalue weighted by molar-refractivity contribution is 6.00. The lowest BCUT2D eigenvalue weighted by molar-refractivity contribution is -0.138. The Kier molecular flexibility index (Phi) is 4.50. The number of hydrogen-bond donors (Lipinski definition) is 3. The van der Waals surface area contributed by atoms with Gasteiger partial charge in [0.05, 0.1) is 12.8 Å². The first-order valence-electron chi connectivity index (χ1n) is 6.71. The molecule has 1 aliphatic rings. The quantitative estimate of drug-likeness (QED) is 0.731. The number of amides is 3. The first-order chi connectivity index (χ1) is 10.4. The summed E-state index contributed by atoms with van der Waals surface area (Å²) in [4.78, 5) is 36.1. The van der Waals surface area contributed by atoms with Gasteiger partial charge in [0.25, 0.3) is 5.91 Å². The van der Waals surface area contributed by atoms with Crippen molar-refractivity contribution in [3.8, 4) is 5.75 Å². The molecule has 3 amide bonds. The van der Waals surface area contributed by atoms with Gasteiger partial charge in [-0.15, -0.1) is 0 Å². The number of rotatable bonds is 5. The SMILES string of the molecule is COc1ccc(C(=O)N[C@@H](C)C(=O)O)cc1N1CCNC1=O. The maximum atomic E-state index is 12.1. The van der Waals surface area contributed by atoms with Gasteiger partial charge in [0.2, 0.25) is 0 Å². The van der Waals surface area contributed by atoms with Crippen molar-refractivity contribution in [3.05, 3.63) is 23.8 Å². The Bertz CT molecular complexity index is 616. The van der Waals surface area contributed by atoms with Crippen LogP contribution < -0.4 is 20.3 Å². The summed E-state index contributed by atoms with van der Waals surface area (Å²) in [6.07, 6.45) is 0. The molecule has 1 aromatic carbocycles. The first kappa shape index (κ1) is 15.6. The van der Waals surface area contributed by atoms with Crippen LogP contribution in [0.25, 0.3) is 0 Å². The van der Waals surface area contributed by atoms with Crippen LogP contribution in [0, 0.1) is 0 Å². The zero-order valence-corrected chi connectivity index (χ0v) is 12.3. The van der Waals surface area contributed by atoms with E-state index in [1.54, 1.807) is 6.07 Å². The predicted molar refractivity (Wildman–Crippen MR) is 78.3 cm³/mol. The smallest absolute Gasteiger partial charge is 0.325 e. The van der Waals surface area contributed by atoms with Gasteiger partial charge < -0.3 is 20.5 Å². The summed E-state index contributed by atoms with van der Waals surface area (Å²) in [5.41, 5.74) is 0.719. The lowest BCUT2D eigenvalue weighted by Gasteiger charge is -2.19. The second kappa shape index (κ2) is 6.33. The first-order valence-corrected chi connectivity index (χ1v) is 6.71. The lowest BCUT2D eigenvalue weighted by atomic mass is 10.1. The number of carboxylic acid groups (broad SMARTS) is 1. The molecule has 1 atom stereocenters. The summed E-state index contributed by atoms with van der Waals surface area (Å²) >= 11 is 0. The van der Waals surface area contributed by atoms with Crippen molar-refractivity contribution >= 4 is 23.6 Å². The number of hydrogen-bond acceptors (Lipinski definition) is 4.